The smallest absolute Gasteiger partial charge is 0.252 e. The summed E-state index contributed by atoms with van der Waals surface area (Å²) in [5.74, 6) is -0.147. The standard InChI is InChI=1S/C18H19N5O2S/c1-10-16-12(18(25)19-11-7-15(24)22(2)9-11)8-13(14-5-4-6-26-14)20-17(16)23(3)21-10/h4-6,8,11H,7,9H2,1-3H3,(H,19,25). The minimum absolute atomic E-state index is 0.0482. The summed E-state index contributed by atoms with van der Waals surface area (Å²) >= 11 is 1.58. The van der Waals surface area contributed by atoms with Gasteiger partial charge in [-0.05, 0) is 24.4 Å². The molecular weight excluding hydrogens is 350 g/mol. The molecule has 1 aliphatic heterocycles. The Balaban J connectivity index is 1.77. The monoisotopic (exact) mass is 369 g/mol. The zero-order chi connectivity index (χ0) is 18.4. The number of carbonyl (C=O) groups is 2. The number of carbonyl (C=O) groups excluding carboxylic acids is 2. The molecule has 1 fully saturated rings. The Morgan fingerprint density at radius 2 is 2.19 bits per heavy atom. The third kappa shape index (κ3) is 2.76. The van der Waals surface area contributed by atoms with Crippen LogP contribution in [0.2, 0.25) is 0 Å². The molecular formula is C18H19N5O2S. The van der Waals surface area contributed by atoms with Gasteiger partial charge >= 0.3 is 0 Å². The quantitative estimate of drug-likeness (QED) is 0.765. The summed E-state index contributed by atoms with van der Waals surface area (Å²) in [6.07, 6.45) is 0.334. The lowest BCUT2D eigenvalue weighted by molar-refractivity contribution is -0.126. The van der Waals surface area contributed by atoms with Crippen molar-refractivity contribution in [3.05, 3.63) is 34.8 Å². The molecule has 26 heavy (non-hydrogen) atoms. The number of aromatic nitrogens is 3. The van der Waals surface area contributed by atoms with E-state index in [1.165, 1.54) is 0 Å². The van der Waals surface area contributed by atoms with Crippen LogP contribution in [0.15, 0.2) is 23.6 Å². The first-order valence-electron chi connectivity index (χ1n) is 8.37. The molecule has 7 nitrogen and oxygen atoms in total. The third-order valence-corrected chi connectivity index (χ3v) is 5.56. The first-order valence-corrected chi connectivity index (χ1v) is 9.25. The molecule has 0 saturated carbocycles. The van der Waals surface area contributed by atoms with Gasteiger partial charge in [-0.1, -0.05) is 6.07 Å². The van der Waals surface area contributed by atoms with Gasteiger partial charge in [-0.25, -0.2) is 4.98 Å². The van der Waals surface area contributed by atoms with Crippen LogP contribution in [0.5, 0.6) is 0 Å². The molecule has 3 aromatic heterocycles. The topological polar surface area (TPSA) is 80.1 Å². The lowest BCUT2D eigenvalue weighted by atomic mass is 10.1. The van der Waals surface area contributed by atoms with E-state index >= 15 is 0 Å². The highest BCUT2D eigenvalue weighted by atomic mass is 32.1. The molecule has 8 heteroatoms. The fourth-order valence-electron chi connectivity index (χ4n) is 3.40. The van der Waals surface area contributed by atoms with Crippen molar-refractivity contribution in [2.75, 3.05) is 13.6 Å². The number of thiophene rings is 1. The molecule has 1 saturated heterocycles. The summed E-state index contributed by atoms with van der Waals surface area (Å²) in [5, 5.41) is 10.2. The maximum absolute atomic E-state index is 13.0. The molecule has 1 aliphatic rings. The molecule has 2 amide bonds. The molecule has 4 heterocycles. The molecule has 0 spiro atoms. The Labute approximate surface area is 154 Å². The number of likely N-dealkylation sites (tertiary alicyclic amines) is 1. The lowest BCUT2D eigenvalue weighted by Crippen LogP contribution is -2.36. The summed E-state index contributed by atoms with van der Waals surface area (Å²) in [5.41, 5.74) is 2.74. The zero-order valence-electron chi connectivity index (χ0n) is 14.8. The van der Waals surface area contributed by atoms with Gasteiger partial charge in [0.2, 0.25) is 5.91 Å². The van der Waals surface area contributed by atoms with Crippen molar-refractivity contribution in [1.82, 2.24) is 25.0 Å². The molecule has 1 atom stereocenters. The summed E-state index contributed by atoms with van der Waals surface area (Å²) in [6, 6.07) is 5.58. The van der Waals surface area contributed by atoms with Gasteiger partial charge in [0.25, 0.3) is 5.91 Å². The Morgan fingerprint density at radius 1 is 1.38 bits per heavy atom. The number of likely N-dealkylation sites (N-methyl/N-ethyl adjacent to an activating group) is 1. The molecule has 1 unspecified atom stereocenters. The van der Waals surface area contributed by atoms with E-state index in [9.17, 15) is 9.59 Å². The number of aryl methyl sites for hydroxylation is 2. The van der Waals surface area contributed by atoms with Gasteiger partial charge in [-0.3, -0.25) is 14.3 Å². The number of nitrogens with one attached hydrogen (secondary N) is 1. The van der Waals surface area contributed by atoms with Gasteiger partial charge in [0.15, 0.2) is 5.65 Å². The van der Waals surface area contributed by atoms with E-state index in [1.54, 1.807) is 28.0 Å². The second kappa shape index (κ2) is 6.21. The van der Waals surface area contributed by atoms with Crippen LogP contribution in [-0.4, -0.2) is 51.1 Å². The Kier molecular flexibility index (Phi) is 3.99. The second-order valence-electron chi connectivity index (χ2n) is 6.59. The molecule has 0 radical (unpaired) electrons. The van der Waals surface area contributed by atoms with Crippen LogP contribution >= 0.6 is 11.3 Å². The van der Waals surface area contributed by atoms with Crippen molar-refractivity contribution in [1.29, 1.82) is 0 Å². The normalized spacial score (nSPS) is 17.3. The number of hydrogen-bond donors (Lipinski definition) is 1. The second-order valence-corrected chi connectivity index (χ2v) is 7.54. The molecule has 0 bridgehead atoms. The fourth-order valence-corrected chi connectivity index (χ4v) is 4.08. The molecule has 0 aromatic carbocycles. The van der Waals surface area contributed by atoms with Gasteiger partial charge in [0, 0.05) is 27.1 Å². The summed E-state index contributed by atoms with van der Waals surface area (Å²) < 4.78 is 1.70. The molecule has 0 aliphatic carbocycles. The van der Waals surface area contributed by atoms with Gasteiger partial charge in [0.05, 0.1) is 33.3 Å². The highest BCUT2D eigenvalue weighted by molar-refractivity contribution is 7.13. The summed E-state index contributed by atoms with van der Waals surface area (Å²) in [6.45, 7) is 2.40. The van der Waals surface area contributed by atoms with E-state index in [0.717, 1.165) is 21.7 Å². The van der Waals surface area contributed by atoms with Gasteiger partial charge in [-0.2, -0.15) is 5.10 Å². The van der Waals surface area contributed by atoms with Crippen molar-refractivity contribution in [3.8, 4) is 10.6 Å². The summed E-state index contributed by atoms with van der Waals surface area (Å²) in [7, 11) is 3.58. The van der Waals surface area contributed by atoms with Gasteiger partial charge in [-0.15, -0.1) is 11.3 Å². The predicted molar refractivity (Wildman–Crippen MR) is 100 cm³/mol. The molecule has 1 N–H and O–H groups in total. The number of fused-ring (bicyclic) bond motifs is 1. The average Bonchev–Trinajstić information content (AvgIpc) is 3.29. The van der Waals surface area contributed by atoms with Crippen LogP contribution in [0.3, 0.4) is 0 Å². The first kappa shape index (κ1) is 16.7. The van der Waals surface area contributed by atoms with Crippen molar-refractivity contribution in [2.45, 2.75) is 19.4 Å². The number of nitrogens with zero attached hydrogens (tertiary/aromatic N) is 4. The third-order valence-electron chi connectivity index (χ3n) is 4.66. The van der Waals surface area contributed by atoms with Gasteiger partial charge < -0.3 is 10.2 Å². The van der Waals surface area contributed by atoms with Crippen molar-refractivity contribution in [2.24, 2.45) is 7.05 Å². The van der Waals surface area contributed by atoms with E-state index < -0.39 is 0 Å². The minimum atomic E-state index is -0.195. The molecule has 4 rings (SSSR count). The SMILES string of the molecule is Cc1nn(C)c2nc(-c3cccs3)cc(C(=O)NC3CC(=O)N(C)C3)c12. The van der Waals surface area contributed by atoms with Crippen LogP contribution < -0.4 is 5.32 Å². The van der Waals surface area contributed by atoms with E-state index in [1.807, 2.05) is 37.6 Å². The minimum Gasteiger partial charge on any atom is -0.347 e. The lowest BCUT2D eigenvalue weighted by Gasteiger charge is -2.13. The highest BCUT2D eigenvalue weighted by Gasteiger charge is 2.29. The summed E-state index contributed by atoms with van der Waals surface area (Å²) in [4.78, 5) is 32.1. The van der Waals surface area contributed by atoms with Crippen LogP contribution in [0.1, 0.15) is 22.5 Å². The van der Waals surface area contributed by atoms with E-state index in [-0.39, 0.29) is 17.9 Å². The predicted octanol–water partition coefficient (Wildman–Crippen LogP) is 1.97. The van der Waals surface area contributed by atoms with Crippen molar-refractivity contribution < 1.29 is 9.59 Å². The first-order chi connectivity index (χ1) is 12.4. The van der Waals surface area contributed by atoms with E-state index in [4.69, 9.17) is 4.98 Å². The Hall–Kier alpha value is -2.74. The Bertz CT molecular complexity index is 1010. The maximum atomic E-state index is 13.0. The average molecular weight is 369 g/mol. The van der Waals surface area contributed by atoms with Crippen molar-refractivity contribution >= 4 is 34.2 Å². The van der Waals surface area contributed by atoms with Crippen LogP contribution in [0.4, 0.5) is 0 Å². The van der Waals surface area contributed by atoms with E-state index in [0.29, 0.717) is 24.2 Å². The number of amides is 2. The zero-order valence-corrected chi connectivity index (χ0v) is 15.6. The van der Waals surface area contributed by atoms with Crippen LogP contribution in [-0.2, 0) is 11.8 Å². The maximum Gasteiger partial charge on any atom is 0.252 e. The highest BCUT2D eigenvalue weighted by Crippen LogP contribution is 2.29. The largest absolute Gasteiger partial charge is 0.347 e. The Morgan fingerprint density at radius 3 is 2.85 bits per heavy atom. The van der Waals surface area contributed by atoms with Crippen LogP contribution in [0, 0.1) is 6.92 Å². The number of pyridine rings is 1. The van der Waals surface area contributed by atoms with Gasteiger partial charge in [0.1, 0.15) is 0 Å². The molecule has 3 aromatic rings. The van der Waals surface area contributed by atoms with E-state index in [2.05, 4.69) is 10.4 Å². The molecule has 134 valence electrons. The number of hydrogen-bond acceptors (Lipinski definition) is 5. The number of rotatable bonds is 3. The van der Waals surface area contributed by atoms with Crippen molar-refractivity contribution in [3.63, 3.8) is 0 Å². The fraction of sp³-hybridized carbons (Fsp3) is 0.333. The van der Waals surface area contributed by atoms with Crippen LogP contribution in [0.25, 0.3) is 21.6 Å².